The van der Waals surface area contributed by atoms with Gasteiger partial charge in [0.25, 0.3) is 0 Å². The first-order valence-electron chi connectivity index (χ1n) is 8.81. The zero-order chi connectivity index (χ0) is 17.6. The molecule has 0 aliphatic heterocycles. The molecule has 0 saturated carbocycles. The third-order valence-corrected chi connectivity index (χ3v) is 4.83. The minimum absolute atomic E-state index is 0.0198. The Labute approximate surface area is 148 Å². The number of amides is 2. The summed E-state index contributed by atoms with van der Waals surface area (Å²) in [4.78, 5) is 23.7. The molecule has 25 heavy (non-hydrogen) atoms. The van der Waals surface area contributed by atoms with Crippen LogP contribution in [0.1, 0.15) is 41.1 Å². The number of carbonyl (C=O) groups excluding carboxylic acids is 2. The van der Waals surface area contributed by atoms with Crippen molar-refractivity contribution in [2.24, 2.45) is 0 Å². The lowest BCUT2D eigenvalue weighted by molar-refractivity contribution is -0.126. The average Bonchev–Trinajstić information content (AvgIpc) is 2.63. The summed E-state index contributed by atoms with van der Waals surface area (Å²) in [5, 5.41) is 5.80. The van der Waals surface area contributed by atoms with Gasteiger partial charge in [-0.05, 0) is 42.9 Å². The van der Waals surface area contributed by atoms with Gasteiger partial charge in [0.15, 0.2) is 0 Å². The maximum atomic E-state index is 12.7. The molecule has 1 aliphatic carbocycles. The topological polar surface area (TPSA) is 58.2 Å². The van der Waals surface area contributed by atoms with Crippen molar-refractivity contribution < 1.29 is 9.59 Å². The van der Waals surface area contributed by atoms with Crippen LogP contribution in [0.2, 0.25) is 0 Å². The van der Waals surface area contributed by atoms with Crippen molar-refractivity contribution in [3.8, 4) is 0 Å². The molecule has 2 atom stereocenters. The van der Waals surface area contributed by atoms with Gasteiger partial charge in [-0.3, -0.25) is 9.59 Å². The molecule has 1 aliphatic rings. The SMILES string of the molecule is Cc1ccc(CC(NC=O)C(=O)N[C@@H]2CCCc3ccccc32)cc1. The van der Waals surface area contributed by atoms with Crippen LogP contribution in [0.3, 0.4) is 0 Å². The smallest absolute Gasteiger partial charge is 0.243 e. The second kappa shape index (κ2) is 7.97. The summed E-state index contributed by atoms with van der Waals surface area (Å²) in [6.45, 7) is 2.03. The lowest BCUT2D eigenvalue weighted by atomic mass is 9.87. The Morgan fingerprint density at radius 1 is 1.20 bits per heavy atom. The maximum absolute atomic E-state index is 12.7. The van der Waals surface area contributed by atoms with Crippen LogP contribution in [-0.4, -0.2) is 18.4 Å². The summed E-state index contributed by atoms with van der Waals surface area (Å²) in [7, 11) is 0. The predicted octanol–water partition coefficient (Wildman–Crippen LogP) is 2.85. The van der Waals surface area contributed by atoms with Crippen LogP contribution < -0.4 is 10.6 Å². The summed E-state index contributed by atoms with van der Waals surface area (Å²) in [6, 6.07) is 15.7. The van der Waals surface area contributed by atoms with Gasteiger partial charge >= 0.3 is 0 Å². The third kappa shape index (κ3) is 4.27. The first-order chi connectivity index (χ1) is 12.2. The van der Waals surface area contributed by atoms with E-state index in [9.17, 15) is 9.59 Å². The molecule has 130 valence electrons. The number of nitrogens with one attached hydrogen (secondary N) is 2. The predicted molar refractivity (Wildman–Crippen MR) is 98.1 cm³/mol. The fourth-order valence-electron chi connectivity index (χ4n) is 3.45. The Hall–Kier alpha value is -2.62. The Morgan fingerprint density at radius 3 is 2.72 bits per heavy atom. The van der Waals surface area contributed by atoms with E-state index in [4.69, 9.17) is 0 Å². The van der Waals surface area contributed by atoms with E-state index in [1.54, 1.807) is 0 Å². The molecule has 0 heterocycles. The van der Waals surface area contributed by atoms with Crippen molar-refractivity contribution in [2.75, 3.05) is 0 Å². The lowest BCUT2D eigenvalue weighted by Crippen LogP contribution is -2.46. The summed E-state index contributed by atoms with van der Waals surface area (Å²) in [5.74, 6) is -0.130. The van der Waals surface area contributed by atoms with Gasteiger partial charge < -0.3 is 10.6 Å². The number of hydrogen-bond donors (Lipinski definition) is 2. The van der Waals surface area contributed by atoms with E-state index in [-0.39, 0.29) is 11.9 Å². The standard InChI is InChI=1S/C21H24N2O2/c1-15-9-11-16(12-10-15)13-20(22-14-24)21(25)23-19-8-4-6-17-5-2-3-7-18(17)19/h2-3,5,7,9-12,14,19-20H,4,6,8,13H2,1H3,(H,22,24)(H,23,25)/t19-,20?/m1/s1. The molecule has 0 saturated heterocycles. The first kappa shape index (κ1) is 17.2. The molecule has 4 heteroatoms. The van der Waals surface area contributed by atoms with Gasteiger partial charge in [0.2, 0.25) is 12.3 Å². The van der Waals surface area contributed by atoms with Gasteiger partial charge in [-0.2, -0.15) is 0 Å². The van der Waals surface area contributed by atoms with Crippen molar-refractivity contribution in [3.05, 3.63) is 70.8 Å². The molecule has 2 amide bonds. The van der Waals surface area contributed by atoms with Gasteiger partial charge in [-0.1, -0.05) is 54.1 Å². The summed E-state index contributed by atoms with van der Waals surface area (Å²) >= 11 is 0. The first-order valence-corrected chi connectivity index (χ1v) is 8.81. The van der Waals surface area contributed by atoms with E-state index < -0.39 is 6.04 Å². The molecular weight excluding hydrogens is 312 g/mol. The fraction of sp³-hybridized carbons (Fsp3) is 0.333. The number of aryl methyl sites for hydroxylation is 2. The van der Waals surface area contributed by atoms with Crippen LogP contribution in [0.4, 0.5) is 0 Å². The zero-order valence-electron chi connectivity index (χ0n) is 14.5. The molecule has 2 N–H and O–H groups in total. The van der Waals surface area contributed by atoms with Crippen molar-refractivity contribution in [1.29, 1.82) is 0 Å². The highest BCUT2D eigenvalue weighted by Gasteiger charge is 2.25. The molecular formula is C21H24N2O2. The third-order valence-electron chi connectivity index (χ3n) is 4.83. The van der Waals surface area contributed by atoms with Crippen molar-refractivity contribution in [1.82, 2.24) is 10.6 Å². The van der Waals surface area contributed by atoms with E-state index in [0.29, 0.717) is 12.8 Å². The highest BCUT2D eigenvalue weighted by Crippen LogP contribution is 2.29. The fourth-order valence-corrected chi connectivity index (χ4v) is 3.45. The lowest BCUT2D eigenvalue weighted by Gasteiger charge is -2.28. The van der Waals surface area contributed by atoms with Crippen LogP contribution in [0.5, 0.6) is 0 Å². The monoisotopic (exact) mass is 336 g/mol. The molecule has 0 spiro atoms. The number of benzene rings is 2. The van der Waals surface area contributed by atoms with Gasteiger partial charge in [0.05, 0.1) is 6.04 Å². The number of fused-ring (bicyclic) bond motifs is 1. The van der Waals surface area contributed by atoms with E-state index >= 15 is 0 Å². The van der Waals surface area contributed by atoms with Crippen molar-refractivity contribution in [3.63, 3.8) is 0 Å². The Bertz CT molecular complexity index is 740. The van der Waals surface area contributed by atoms with Gasteiger partial charge in [-0.15, -0.1) is 0 Å². The van der Waals surface area contributed by atoms with E-state index in [0.717, 1.165) is 24.8 Å². The van der Waals surface area contributed by atoms with Gasteiger partial charge in [0.1, 0.15) is 6.04 Å². The summed E-state index contributed by atoms with van der Waals surface area (Å²) in [5.41, 5.74) is 4.70. The average molecular weight is 336 g/mol. The van der Waals surface area contributed by atoms with Crippen LogP contribution in [0.25, 0.3) is 0 Å². The van der Waals surface area contributed by atoms with E-state index in [2.05, 4.69) is 22.8 Å². The Kier molecular flexibility index (Phi) is 5.49. The minimum atomic E-state index is -0.561. The Morgan fingerprint density at radius 2 is 1.96 bits per heavy atom. The normalized spacial score (nSPS) is 17.2. The molecule has 0 aromatic heterocycles. The summed E-state index contributed by atoms with van der Waals surface area (Å²) < 4.78 is 0. The molecule has 2 aromatic rings. The Balaban J connectivity index is 1.71. The molecule has 2 aromatic carbocycles. The second-order valence-corrected chi connectivity index (χ2v) is 6.68. The van der Waals surface area contributed by atoms with E-state index in [1.165, 1.54) is 16.7 Å². The van der Waals surface area contributed by atoms with E-state index in [1.807, 2.05) is 43.3 Å². The minimum Gasteiger partial charge on any atom is -0.347 e. The second-order valence-electron chi connectivity index (χ2n) is 6.68. The largest absolute Gasteiger partial charge is 0.347 e. The van der Waals surface area contributed by atoms with Crippen LogP contribution in [0, 0.1) is 6.92 Å². The van der Waals surface area contributed by atoms with Crippen molar-refractivity contribution in [2.45, 2.75) is 44.7 Å². The molecule has 0 radical (unpaired) electrons. The van der Waals surface area contributed by atoms with Crippen LogP contribution >= 0.6 is 0 Å². The zero-order valence-corrected chi connectivity index (χ0v) is 14.5. The molecule has 1 unspecified atom stereocenters. The van der Waals surface area contributed by atoms with Crippen molar-refractivity contribution >= 4 is 12.3 Å². The molecule has 4 nitrogen and oxygen atoms in total. The maximum Gasteiger partial charge on any atom is 0.243 e. The van der Waals surface area contributed by atoms with Gasteiger partial charge in [-0.25, -0.2) is 0 Å². The summed E-state index contributed by atoms with van der Waals surface area (Å²) in [6.07, 6.45) is 4.14. The molecule has 0 fully saturated rings. The number of hydrogen-bond acceptors (Lipinski definition) is 2. The highest BCUT2D eigenvalue weighted by atomic mass is 16.2. The highest BCUT2D eigenvalue weighted by molar-refractivity contribution is 5.84. The number of carbonyl (C=O) groups is 2. The van der Waals surface area contributed by atoms with Crippen LogP contribution in [-0.2, 0) is 22.4 Å². The van der Waals surface area contributed by atoms with Gasteiger partial charge in [0, 0.05) is 6.42 Å². The quantitative estimate of drug-likeness (QED) is 0.797. The van der Waals surface area contributed by atoms with Crippen LogP contribution in [0.15, 0.2) is 48.5 Å². The molecule has 3 rings (SSSR count). The molecule has 0 bridgehead atoms. The number of rotatable bonds is 6.